The van der Waals surface area contributed by atoms with E-state index in [2.05, 4.69) is 0 Å². The highest BCUT2D eigenvalue weighted by Gasteiger charge is 2.28. The molecule has 1 aliphatic heterocycles. The van der Waals surface area contributed by atoms with E-state index in [4.69, 9.17) is 14.9 Å². The van der Waals surface area contributed by atoms with Crippen molar-refractivity contribution in [3.05, 3.63) is 0 Å². The number of carbonyl (C=O) groups is 1. The summed E-state index contributed by atoms with van der Waals surface area (Å²) >= 11 is 0. The zero-order valence-electron chi connectivity index (χ0n) is 10.1. The summed E-state index contributed by atoms with van der Waals surface area (Å²) in [6.45, 7) is 6.54. The van der Waals surface area contributed by atoms with Crippen molar-refractivity contribution >= 4 is 6.09 Å². The Morgan fingerprint density at radius 3 is 2.19 bits per heavy atom. The molecule has 16 heavy (non-hydrogen) atoms. The number of likely N-dealkylation sites (tertiary alicyclic amines) is 1. The molecule has 1 fully saturated rings. The number of ether oxygens (including phenoxy) is 1. The van der Waals surface area contributed by atoms with Crippen LogP contribution in [0, 0.1) is 5.92 Å². The van der Waals surface area contributed by atoms with E-state index in [1.807, 2.05) is 20.8 Å². The SMILES string of the molecule is CC(C)(C)OC(=O)N1CCC(C(O)O)CC1. The fourth-order valence-electron chi connectivity index (χ4n) is 1.71. The molecule has 0 unspecified atom stereocenters. The third kappa shape index (κ3) is 3.98. The molecular weight excluding hydrogens is 210 g/mol. The number of hydrogen-bond donors (Lipinski definition) is 2. The molecule has 1 rings (SSSR count). The van der Waals surface area contributed by atoms with Crippen LogP contribution >= 0.6 is 0 Å². The van der Waals surface area contributed by atoms with E-state index < -0.39 is 11.9 Å². The summed E-state index contributed by atoms with van der Waals surface area (Å²) in [5, 5.41) is 18.0. The normalized spacial score (nSPS) is 19.0. The topological polar surface area (TPSA) is 70.0 Å². The lowest BCUT2D eigenvalue weighted by Crippen LogP contribution is -2.43. The van der Waals surface area contributed by atoms with Crippen LogP contribution in [0.3, 0.4) is 0 Å². The standard InChI is InChI=1S/C11H21NO4/c1-11(2,3)16-10(15)12-6-4-8(5-7-12)9(13)14/h8-9,13-14H,4-7H2,1-3H3. The Bertz CT molecular complexity index is 239. The van der Waals surface area contributed by atoms with Crippen molar-refractivity contribution in [1.82, 2.24) is 4.90 Å². The fraction of sp³-hybridized carbons (Fsp3) is 0.909. The van der Waals surface area contributed by atoms with Crippen LogP contribution in [-0.4, -0.2) is 46.2 Å². The van der Waals surface area contributed by atoms with Gasteiger partial charge in [-0.25, -0.2) is 4.79 Å². The third-order valence-electron chi connectivity index (χ3n) is 2.61. The lowest BCUT2D eigenvalue weighted by atomic mass is 9.97. The third-order valence-corrected chi connectivity index (χ3v) is 2.61. The molecule has 2 N–H and O–H groups in total. The smallest absolute Gasteiger partial charge is 0.410 e. The molecule has 0 atom stereocenters. The van der Waals surface area contributed by atoms with Gasteiger partial charge in [-0.2, -0.15) is 0 Å². The minimum absolute atomic E-state index is 0.126. The van der Waals surface area contributed by atoms with Crippen LogP contribution in [-0.2, 0) is 4.74 Å². The van der Waals surface area contributed by atoms with E-state index in [0.29, 0.717) is 25.9 Å². The first-order chi connectivity index (χ1) is 7.29. The number of aliphatic hydroxyl groups excluding tert-OH is 1. The zero-order chi connectivity index (χ0) is 12.3. The number of amides is 1. The number of carbonyl (C=O) groups excluding carboxylic acids is 1. The molecule has 5 nitrogen and oxygen atoms in total. The van der Waals surface area contributed by atoms with Gasteiger partial charge in [-0.1, -0.05) is 0 Å². The van der Waals surface area contributed by atoms with E-state index in [9.17, 15) is 4.79 Å². The first-order valence-corrected chi connectivity index (χ1v) is 5.63. The van der Waals surface area contributed by atoms with Crippen molar-refractivity contribution in [2.45, 2.75) is 45.5 Å². The lowest BCUT2D eigenvalue weighted by Gasteiger charge is -2.33. The molecule has 0 spiro atoms. The quantitative estimate of drug-likeness (QED) is 0.659. The molecular formula is C11H21NO4. The van der Waals surface area contributed by atoms with Crippen LogP contribution in [0.4, 0.5) is 4.79 Å². The summed E-state index contributed by atoms with van der Waals surface area (Å²) in [6.07, 6.45) is -0.382. The van der Waals surface area contributed by atoms with Gasteiger partial charge < -0.3 is 19.8 Å². The van der Waals surface area contributed by atoms with Crippen LogP contribution in [0.15, 0.2) is 0 Å². The maximum absolute atomic E-state index is 11.7. The maximum atomic E-state index is 11.7. The Balaban J connectivity index is 2.39. The summed E-state index contributed by atoms with van der Waals surface area (Å²) in [4.78, 5) is 13.3. The molecule has 1 heterocycles. The van der Waals surface area contributed by atoms with Crippen LogP contribution < -0.4 is 0 Å². The Hall–Kier alpha value is -0.810. The highest BCUT2D eigenvalue weighted by Crippen LogP contribution is 2.21. The van der Waals surface area contributed by atoms with Crippen LogP contribution in [0.1, 0.15) is 33.6 Å². The summed E-state index contributed by atoms with van der Waals surface area (Å²) < 4.78 is 5.23. The predicted molar refractivity (Wildman–Crippen MR) is 58.8 cm³/mol. The minimum atomic E-state index is -1.28. The first kappa shape index (κ1) is 13.3. The van der Waals surface area contributed by atoms with Crippen LogP contribution in [0.2, 0.25) is 0 Å². The molecule has 0 aromatic heterocycles. The second-order valence-corrected chi connectivity index (χ2v) is 5.22. The Morgan fingerprint density at radius 2 is 1.81 bits per heavy atom. The molecule has 0 aromatic rings. The Labute approximate surface area is 96.0 Å². The molecule has 94 valence electrons. The van der Waals surface area contributed by atoms with E-state index >= 15 is 0 Å². The van der Waals surface area contributed by atoms with Gasteiger partial charge in [0.05, 0.1) is 0 Å². The molecule has 0 radical (unpaired) electrons. The Morgan fingerprint density at radius 1 is 1.31 bits per heavy atom. The highest BCUT2D eigenvalue weighted by atomic mass is 16.6. The summed E-state index contributed by atoms with van der Waals surface area (Å²) in [5.41, 5.74) is -0.482. The Kier molecular flexibility index (Phi) is 4.15. The summed E-state index contributed by atoms with van der Waals surface area (Å²) in [7, 11) is 0. The van der Waals surface area contributed by atoms with Crippen molar-refractivity contribution < 1.29 is 19.7 Å². The second-order valence-electron chi connectivity index (χ2n) is 5.22. The number of hydrogen-bond acceptors (Lipinski definition) is 4. The number of rotatable bonds is 1. The molecule has 1 amide bonds. The summed E-state index contributed by atoms with van der Waals surface area (Å²) in [6, 6.07) is 0. The molecule has 0 aliphatic carbocycles. The average Bonchev–Trinajstić information content (AvgIpc) is 2.15. The molecule has 1 aliphatic rings. The number of nitrogens with zero attached hydrogens (tertiary/aromatic N) is 1. The van der Waals surface area contributed by atoms with E-state index in [-0.39, 0.29) is 12.0 Å². The fourth-order valence-corrected chi connectivity index (χ4v) is 1.71. The molecule has 0 aromatic carbocycles. The van der Waals surface area contributed by atoms with Gasteiger partial charge in [0.2, 0.25) is 0 Å². The van der Waals surface area contributed by atoms with Gasteiger partial charge >= 0.3 is 6.09 Å². The van der Waals surface area contributed by atoms with Gasteiger partial charge in [-0.15, -0.1) is 0 Å². The van der Waals surface area contributed by atoms with Crippen molar-refractivity contribution in [2.75, 3.05) is 13.1 Å². The van der Waals surface area contributed by atoms with Gasteiger partial charge in [-0.05, 0) is 33.6 Å². The first-order valence-electron chi connectivity index (χ1n) is 5.63. The number of aliphatic hydroxyl groups is 2. The molecule has 0 saturated carbocycles. The van der Waals surface area contributed by atoms with Crippen molar-refractivity contribution in [3.8, 4) is 0 Å². The average molecular weight is 231 g/mol. The molecule has 1 saturated heterocycles. The monoisotopic (exact) mass is 231 g/mol. The van der Waals surface area contributed by atoms with Crippen molar-refractivity contribution in [3.63, 3.8) is 0 Å². The van der Waals surface area contributed by atoms with Gasteiger partial charge in [0.1, 0.15) is 5.60 Å². The van der Waals surface area contributed by atoms with Gasteiger partial charge in [0.15, 0.2) is 6.29 Å². The lowest BCUT2D eigenvalue weighted by molar-refractivity contribution is -0.0983. The van der Waals surface area contributed by atoms with Gasteiger partial charge in [-0.3, -0.25) is 0 Å². The second kappa shape index (κ2) is 5.01. The zero-order valence-corrected chi connectivity index (χ0v) is 10.1. The summed E-state index contributed by atoms with van der Waals surface area (Å²) in [5.74, 6) is -0.126. The predicted octanol–water partition coefficient (Wildman–Crippen LogP) is 0.944. The maximum Gasteiger partial charge on any atom is 0.410 e. The van der Waals surface area contributed by atoms with Crippen molar-refractivity contribution in [2.24, 2.45) is 5.92 Å². The highest BCUT2D eigenvalue weighted by molar-refractivity contribution is 5.68. The largest absolute Gasteiger partial charge is 0.444 e. The van der Waals surface area contributed by atoms with E-state index in [1.165, 1.54) is 0 Å². The van der Waals surface area contributed by atoms with E-state index in [0.717, 1.165) is 0 Å². The van der Waals surface area contributed by atoms with Gasteiger partial charge in [0, 0.05) is 19.0 Å². The van der Waals surface area contributed by atoms with Gasteiger partial charge in [0.25, 0.3) is 0 Å². The minimum Gasteiger partial charge on any atom is -0.444 e. The molecule has 5 heteroatoms. The van der Waals surface area contributed by atoms with E-state index in [1.54, 1.807) is 4.90 Å². The van der Waals surface area contributed by atoms with Crippen LogP contribution in [0.5, 0.6) is 0 Å². The molecule has 0 bridgehead atoms. The van der Waals surface area contributed by atoms with Crippen molar-refractivity contribution in [1.29, 1.82) is 0 Å². The van der Waals surface area contributed by atoms with Crippen LogP contribution in [0.25, 0.3) is 0 Å². The number of piperidine rings is 1.